The minimum atomic E-state index is -0.362. The van der Waals surface area contributed by atoms with E-state index < -0.39 is 0 Å². The van der Waals surface area contributed by atoms with Gasteiger partial charge in [0, 0.05) is 6.08 Å². The summed E-state index contributed by atoms with van der Waals surface area (Å²) in [5, 5.41) is 6.10. The Morgan fingerprint density at radius 3 is 2.52 bits per heavy atom. The second-order valence-corrected chi connectivity index (χ2v) is 5.69. The Balaban J connectivity index is 1.96. The summed E-state index contributed by atoms with van der Waals surface area (Å²) in [6, 6.07) is 12.5. The number of rotatable bonds is 5. The van der Waals surface area contributed by atoms with E-state index in [0.29, 0.717) is 22.2 Å². The van der Waals surface area contributed by atoms with Crippen molar-refractivity contribution in [3.63, 3.8) is 0 Å². The Morgan fingerprint density at radius 1 is 1.12 bits per heavy atom. The molecule has 0 heterocycles. The molecule has 0 atom stereocenters. The number of amides is 1. The summed E-state index contributed by atoms with van der Waals surface area (Å²) in [5.41, 5.74) is 1.41. The quantitative estimate of drug-likeness (QED) is 0.612. The predicted molar refractivity (Wildman–Crippen MR) is 104 cm³/mol. The molecule has 7 heteroatoms. The summed E-state index contributed by atoms with van der Waals surface area (Å²) < 4.78 is 10.4. The third kappa shape index (κ3) is 5.48. The fourth-order valence-corrected chi connectivity index (χ4v) is 2.39. The molecule has 0 spiro atoms. The van der Waals surface area contributed by atoms with E-state index >= 15 is 0 Å². The van der Waals surface area contributed by atoms with E-state index in [1.165, 1.54) is 6.08 Å². The van der Waals surface area contributed by atoms with Crippen LogP contribution in [0.25, 0.3) is 6.08 Å². The highest BCUT2D eigenvalue weighted by Gasteiger charge is 2.05. The molecule has 0 aliphatic heterocycles. The van der Waals surface area contributed by atoms with Crippen LogP contribution < -0.4 is 20.1 Å². The number of anilines is 1. The van der Waals surface area contributed by atoms with Crippen molar-refractivity contribution in [2.75, 3.05) is 19.5 Å². The number of nitrogens with one attached hydrogen (secondary N) is 2. The highest BCUT2D eigenvalue weighted by atomic mass is 35.5. The van der Waals surface area contributed by atoms with Gasteiger partial charge in [-0.2, -0.15) is 0 Å². The highest BCUT2D eigenvalue weighted by molar-refractivity contribution is 7.80. The molecule has 2 aromatic rings. The van der Waals surface area contributed by atoms with Crippen molar-refractivity contribution in [2.45, 2.75) is 0 Å². The van der Waals surface area contributed by atoms with Crippen molar-refractivity contribution >= 4 is 46.6 Å². The van der Waals surface area contributed by atoms with Crippen molar-refractivity contribution in [3.05, 3.63) is 59.1 Å². The van der Waals surface area contributed by atoms with Gasteiger partial charge >= 0.3 is 0 Å². The van der Waals surface area contributed by atoms with Gasteiger partial charge in [-0.3, -0.25) is 10.1 Å². The third-order valence-electron chi connectivity index (χ3n) is 3.19. The first-order valence-corrected chi connectivity index (χ1v) is 8.08. The van der Waals surface area contributed by atoms with Gasteiger partial charge in [-0.15, -0.1) is 0 Å². The monoisotopic (exact) mass is 376 g/mol. The maximum atomic E-state index is 12.0. The molecule has 0 aliphatic carbocycles. The third-order valence-corrected chi connectivity index (χ3v) is 3.73. The number of ether oxygens (including phenoxy) is 2. The molecule has 2 rings (SSSR count). The average molecular weight is 377 g/mol. The molecule has 0 unspecified atom stereocenters. The molecule has 0 aliphatic rings. The molecule has 1 amide bonds. The van der Waals surface area contributed by atoms with Gasteiger partial charge in [-0.1, -0.05) is 29.8 Å². The Labute approximate surface area is 156 Å². The maximum Gasteiger partial charge on any atom is 0.250 e. The summed E-state index contributed by atoms with van der Waals surface area (Å²) in [5.74, 6) is 0.842. The molecule has 0 fully saturated rings. The van der Waals surface area contributed by atoms with Crippen molar-refractivity contribution in [1.82, 2.24) is 5.32 Å². The molecule has 2 aromatic carbocycles. The zero-order valence-electron chi connectivity index (χ0n) is 13.7. The summed E-state index contributed by atoms with van der Waals surface area (Å²) in [6.45, 7) is 0. The van der Waals surface area contributed by atoms with Crippen LogP contribution in [0.2, 0.25) is 5.02 Å². The lowest BCUT2D eigenvalue weighted by atomic mass is 10.2. The Hall–Kier alpha value is -2.57. The number of thiocarbonyl (C=S) groups is 1. The van der Waals surface area contributed by atoms with Gasteiger partial charge in [-0.05, 0) is 48.1 Å². The van der Waals surface area contributed by atoms with Gasteiger partial charge in [0.15, 0.2) is 16.6 Å². The molecule has 130 valence electrons. The summed E-state index contributed by atoms with van der Waals surface area (Å²) in [6.07, 6.45) is 3.03. The minimum absolute atomic E-state index is 0.162. The molecule has 0 saturated heterocycles. The molecular formula is C18H17ClN2O3S. The first kappa shape index (κ1) is 18.8. The lowest BCUT2D eigenvalue weighted by Crippen LogP contribution is -2.32. The van der Waals surface area contributed by atoms with Gasteiger partial charge < -0.3 is 14.8 Å². The van der Waals surface area contributed by atoms with Crippen LogP contribution in [0.15, 0.2) is 48.5 Å². The van der Waals surface area contributed by atoms with Gasteiger partial charge in [0.1, 0.15) is 0 Å². The van der Waals surface area contributed by atoms with Gasteiger partial charge in [0.25, 0.3) is 0 Å². The normalized spacial score (nSPS) is 10.4. The average Bonchev–Trinajstić information content (AvgIpc) is 2.61. The van der Waals surface area contributed by atoms with E-state index in [4.69, 9.17) is 33.3 Å². The van der Waals surface area contributed by atoms with Crippen LogP contribution in [-0.4, -0.2) is 25.2 Å². The highest BCUT2D eigenvalue weighted by Crippen LogP contribution is 2.27. The van der Waals surface area contributed by atoms with Crippen molar-refractivity contribution < 1.29 is 14.3 Å². The SMILES string of the molecule is COc1ccc(C=CC(=O)NC(=S)Nc2ccccc2Cl)cc1OC. The first-order valence-electron chi connectivity index (χ1n) is 7.30. The zero-order valence-corrected chi connectivity index (χ0v) is 15.3. The van der Waals surface area contributed by atoms with Crippen LogP contribution in [-0.2, 0) is 4.79 Å². The molecule has 0 radical (unpaired) electrons. The topological polar surface area (TPSA) is 59.6 Å². The lowest BCUT2D eigenvalue weighted by Gasteiger charge is -2.09. The summed E-state index contributed by atoms with van der Waals surface area (Å²) in [7, 11) is 3.12. The smallest absolute Gasteiger partial charge is 0.250 e. The Morgan fingerprint density at radius 2 is 1.84 bits per heavy atom. The predicted octanol–water partition coefficient (Wildman–Crippen LogP) is 3.88. The molecule has 0 bridgehead atoms. The number of para-hydroxylation sites is 1. The van der Waals surface area contributed by atoms with Gasteiger partial charge in [-0.25, -0.2) is 0 Å². The lowest BCUT2D eigenvalue weighted by molar-refractivity contribution is -0.115. The Kier molecular flexibility index (Phi) is 6.80. The van der Waals surface area contributed by atoms with Gasteiger partial charge in [0.05, 0.1) is 24.9 Å². The van der Waals surface area contributed by atoms with Crippen LogP contribution in [0.4, 0.5) is 5.69 Å². The standard InChI is InChI=1S/C18H17ClN2O3S/c1-23-15-9-7-12(11-16(15)24-2)8-10-17(22)21-18(25)20-14-6-4-3-5-13(14)19/h3-11H,1-2H3,(H2,20,21,22,25). The number of carbonyl (C=O) groups is 1. The second-order valence-electron chi connectivity index (χ2n) is 4.87. The van der Waals surface area contributed by atoms with Gasteiger partial charge in [0.2, 0.25) is 5.91 Å². The zero-order chi connectivity index (χ0) is 18.2. The van der Waals surface area contributed by atoms with E-state index in [-0.39, 0.29) is 11.0 Å². The van der Waals surface area contributed by atoms with E-state index in [9.17, 15) is 4.79 Å². The molecule has 25 heavy (non-hydrogen) atoms. The van der Waals surface area contributed by atoms with Crippen molar-refractivity contribution in [3.8, 4) is 11.5 Å². The minimum Gasteiger partial charge on any atom is -0.493 e. The van der Waals surface area contributed by atoms with Crippen LogP contribution in [0, 0.1) is 0 Å². The van der Waals surface area contributed by atoms with Crippen LogP contribution in [0.3, 0.4) is 0 Å². The molecular weight excluding hydrogens is 360 g/mol. The number of hydrogen-bond acceptors (Lipinski definition) is 4. The Bertz CT molecular complexity index is 809. The van der Waals surface area contributed by atoms with Crippen molar-refractivity contribution in [2.24, 2.45) is 0 Å². The van der Waals surface area contributed by atoms with E-state index in [2.05, 4.69) is 10.6 Å². The molecule has 0 aromatic heterocycles. The number of methoxy groups -OCH3 is 2. The number of carbonyl (C=O) groups excluding carboxylic acids is 1. The van der Waals surface area contributed by atoms with Crippen LogP contribution in [0.1, 0.15) is 5.56 Å². The molecule has 5 nitrogen and oxygen atoms in total. The largest absolute Gasteiger partial charge is 0.493 e. The van der Waals surface area contributed by atoms with E-state index in [1.807, 2.05) is 12.1 Å². The number of hydrogen-bond donors (Lipinski definition) is 2. The first-order chi connectivity index (χ1) is 12.0. The van der Waals surface area contributed by atoms with Crippen LogP contribution in [0.5, 0.6) is 11.5 Å². The maximum absolute atomic E-state index is 12.0. The molecule has 2 N–H and O–H groups in total. The van der Waals surface area contributed by atoms with E-state index in [1.54, 1.807) is 50.6 Å². The van der Waals surface area contributed by atoms with Crippen molar-refractivity contribution in [1.29, 1.82) is 0 Å². The fraction of sp³-hybridized carbons (Fsp3) is 0.111. The second kappa shape index (κ2) is 9.05. The van der Waals surface area contributed by atoms with Crippen LogP contribution >= 0.6 is 23.8 Å². The number of halogens is 1. The summed E-state index contributed by atoms with van der Waals surface area (Å²) >= 11 is 11.1. The molecule has 0 saturated carbocycles. The summed E-state index contributed by atoms with van der Waals surface area (Å²) in [4.78, 5) is 12.0. The fourth-order valence-electron chi connectivity index (χ4n) is 2.00. The number of benzene rings is 2. The van der Waals surface area contributed by atoms with E-state index in [0.717, 1.165) is 5.56 Å².